The van der Waals surface area contributed by atoms with Gasteiger partial charge in [-0.05, 0) is 68.4 Å². The summed E-state index contributed by atoms with van der Waals surface area (Å²) in [4.78, 5) is 50.2. The van der Waals surface area contributed by atoms with Crippen LogP contribution in [0.25, 0.3) is 6.08 Å². The molecule has 3 amide bonds. The molecule has 3 rings (SSSR count). The number of hydrogen-bond acceptors (Lipinski definition) is 8. The van der Waals surface area contributed by atoms with Gasteiger partial charge < -0.3 is 19.5 Å². The van der Waals surface area contributed by atoms with Gasteiger partial charge in [-0.2, -0.15) is 0 Å². The summed E-state index contributed by atoms with van der Waals surface area (Å²) in [7, 11) is 0. The SMILES string of the molecule is CCOC(=O)COc1ccc(C=C2SC(=O)N(CC(=O)Nc3ccc(C)cc3)C2=O)cc1OCC. The highest BCUT2D eigenvalue weighted by molar-refractivity contribution is 8.18. The van der Waals surface area contributed by atoms with Crippen LogP contribution < -0.4 is 14.8 Å². The van der Waals surface area contributed by atoms with Crippen LogP contribution in [0, 0.1) is 6.92 Å². The second-order valence-corrected chi connectivity index (χ2v) is 8.41. The summed E-state index contributed by atoms with van der Waals surface area (Å²) >= 11 is 0.755. The molecule has 0 aliphatic carbocycles. The number of rotatable bonds is 10. The number of carbonyl (C=O) groups excluding carboxylic acids is 4. The summed E-state index contributed by atoms with van der Waals surface area (Å²) in [5.41, 5.74) is 2.22. The fourth-order valence-corrected chi connectivity index (χ4v) is 3.95. The zero-order chi connectivity index (χ0) is 25.4. The van der Waals surface area contributed by atoms with Gasteiger partial charge in [-0.15, -0.1) is 0 Å². The van der Waals surface area contributed by atoms with Crippen molar-refractivity contribution in [1.29, 1.82) is 0 Å². The molecule has 1 fully saturated rings. The molecule has 184 valence electrons. The van der Waals surface area contributed by atoms with Crippen LogP contribution in [-0.4, -0.2) is 54.3 Å². The zero-order valence-electron chi connectivity index (χ0n) is 19.7. The number of hydrogen-bond donors (Lipinski definition) is 1. The van der Waals surface area contributed by atoms with E-state index in [9.17, 15) is 19.2 Å². The molecule has 0 aromatic heterocycles. The van der Waals surface area contributed by atoms with Gasteiger partial charge in [0.25, 0.3) is 11.1 Å². The van der Waals surface area contributed by atoms with E-state index in [1.165, 1.54) is 0 Å². The lowest BCUT2D eigenvalue weighted by Crippen LogP contribution is -2.36. The summed E-state index contributed by atoms with van der Waals surface area (Å²) in [6.45, 7) is 5.39. The number of aryl methyl sites for hydroxylation is 1. The Morgan fingerprint density at radius 1 is 1.00 bits per heavy atom. The first kappa shape index (κ1) is 25.8. The minimum atomic E-state index is -0.556. The van der Waals surface area contributed by atoms with Crippen molar-refractivity contribution in [2.75, 3.05) is 31.7 Å². The van der Waals surface area contributed by atoms with Crippen LogP contribution >= 0.6 is 11.8 Å². The Labute approximate surface area is 207 Å². The normalized spacial score (nSPS) is 14.3. The highest BCUT2D eigenvalue weighted by Crippen LogP contribution is 2.34. The maximum atomic E-state index is 12.8. The van der Waals surface area contributed by atoms with Crippen LogP contribution in [-0.2, 0) is 19.1 Å². The van der Waals surface area contributed by atoms with E-state index in [2.05, 4.69) is 5.32 Å². The van der Waals surface area contributed by atoms with Crippen LogP contribution in [0.3, 0.4) is 0 Å². The van der Waals surface area contributed by atoms with Crippen molar-refractivity contribution in [1.82, 2.24) is 4.90 Å². The molecule has 2 aromatic carbocycles. The lowest BCUT2D eigenvalue weighted by molar-refractivity contribution is -0.145. The van der Waals surface area contributed by atoms with Gasteiger partial charge in [0.15, 0.2) is 18.1 Å². The number of benzene rings is 2. The van der Waals surface area contributed by atoms with E-state index >= 15 is 0 Å². The Kier molecular flexibility index (Phi) is 8.91. The number of anilines is 1. The maximum absolute atomic E-state index is 12.8. The monoisotopic (exact) mass is 498 g/mol. The number of imide groups is 1. The topological polar surface area (TPSA) is 111 Å². The van der Waals surface area contributed by atoms with Crippen LogP contribution in [0.5, 0.6) is 11.5 Å². The minimum Gasteiger partial charge on any atom is -0.490 e. The third-order valence-corrected chi connectivity index (χ3v) is 5.63. The van der Waals surface area contributed by atoms with Gasteiger partial charge in [-0.25, -0.2) is 4.79 Å². The molecule has 0 radical (unpaired) electrons. The van der Waals surface area contributed by atoms with Crippen molar-refractivity contribution in [3.63, 3.8) is 0 Å². The third-order valence-electron chi connectivity index (χ3n) is 4.73. The van der Waals surface area contributed by atoms with Crippen molar-refractivity contribution in [2.24, 2.45) is 0 Å². The molecule has 1 aliphatic heterocycles. The minimum absolute atomic E-state index is 0.181. The molecule has 1 heterocycles. The molecule has 10 heteroatoms. The summed E-state index contributed by atoms with van der Waals surface area (Å²) in [6.07, 6.45) is 1.54. The lowest BCUT2D eigenvalue weighted by atomic mass is 10.2. The Bertz CT molecular complexity index is 1150. The van der Waals surface area contributed by atoms with E-state index in [1.807, 2.05) is 19.1 Å². The molecule has 0 bridgehead atoms. The van der Waals surface area contributed by atoms with Gasteiger partial charge in [0.05, 0.1) is 18.1 Å². The smallest absolute Gasteiger partial charge is 0.344 e. The molecular weight excluding hydrogens is 472 g/mol. The predicted molar refractivity (Wildman–Crippen MR) is 132 cm³/mol. The number of thioether (sulfide) groups is 1. The van der Waals surface area contributed by atoms with Crippen molar-refractivity contribution in [3.8, 4) is 11.5 Å². The molecule has 1 aliphatic rings. The maximum Gasteiger partial charge on any atom is 0.344 e. The first-order valence-corrected chi connectivity index (χ1v) is 11.8. The summed E-state index contributed by atoms with van der Waals surface area (Å²) in [5, 5.41) is 2.15. The predicted octanol–water partition coefficient (Wildman–Crippen LogP) is 4.01. The zero-order valence-corrected chi connectivity index (χ0v) is 20.5. The average molecular weight is 499 g/mol. The first-order valence-electron chi connectivity index (χ1n) is 11.0. The van der Waals surface area contributed by atoms with Gasteiger partial charge in [-0.1, -0.05) is 23.8 Å². The highest BCUT2D eigenvalue weighted by Gasteiger charge is 2.36. The van der Waals surface area contributed by atoms with Gasteiger partial charge in [0.1, 0.15) is 6.54 Å². The van der Waals surface area contributed by atoms with Crippen LogP contribution in [0.15, 0.2) is 47.4 Å². The Morgan fingerprint density at radius 2 is 1.74 bits per heavy atom. The standard InChI is InChI=1S/C25H26N2O7S/c1-4-32-20-12-17(8-11-19(20)34-15-23(29)33-5-2)13-21-24(30)27(25(31)35-21)14-22(28)26-18-9-6-16(3)7-10-18/h6-13H,4-5,14-15H2,1-3H3,(H,26,28). The molecule has 0 spiro atoms. The van der Waals surface area contributed by atoms with E-state index in [-0.39, 0.29) is 24.7 Å². The summed E-state index contributed by atoms with van der Waals surface area (Å²) < 4.78 is 15.9. The Morgan fingerprint density at radius 3 is 2.43 bits per heavy atom. The second-order valence-electron chi connectivity index (χ2n) is 7.41. The molecule has 0 atom stereocenters. The van der Waals surface area contributed by atoms with E-state index in [0.717, 1.165) is 22.2 Å². The number of carbonyl (C=O) groups is 4. The molecular formula is C25H26N2O7S. The van der Waals surface area contributed by atoms with E-state index in [4.69, 9.17) is 14.2 Å². The molecule has 0 saturated carbocycles. The lowest BCUT2D eigenvalue weighted by Gasteiger charge is -2.13. The Hall–Kier alpha value is -3.79. The van der Waals surface area contributed by atoms with Crippen molar-refractivity contribution < 1.29 is 33.4 Å². The number of amides is 3. The quantitative estimate of drug-likeness (QED) is 0.386. The van der Waals surface area contributed by atoms with Crippen LogP contribution in [0.1, 0.15) is 25.0 Å². The molecule has 2 aromatic rings. The number of ether oxygens (including phenoxy) is 3. The fourth-order valence-electron chi connectivity index (χ4n) is 3.11. The first-order chi connectivity index (χ1) is 16.8. The van der Waals surface area contributed by atoms with E-state index in [1.54, 1.807) is 50.3 Å². The van der Waals surface area contributed by atoms with Crippen LogP contribution in [0.4, 0.5) is 10.5 Å². The largest absolute Gasteiger partial charge is 0.490 e. The second kappa shape index (κ2) is 12.1. The summed E-state index contributed by atoms with van der Waals surface area (Å²) in [6, 6.07) is 12.1. The average Bonchev–Trinajstić information content (AvgIpc) is 3.07. The third kappa shape index (κ3) is 7.10. The van der Waals surface area contributed by atoms with Crippen molar-refractivity contribution >= 4 is 46.5 Å². The number of esters is 1. The Balaban J connectivity index is 1.69. The van der Waals surface area contributed by atoms with E-state index in [0.29, 0.717) is 29.4 Å². The van der Waals surface area contributed by atoms with Gasteiger partial charge >= 0.3 is 5.97 Å². The molecule has 1 saturated heterocycles. The molecule has 9 nitrogen and oxygen atoms in total. The van der Waals surface area contributed by atoms with Crippen LogP contribution in [0.2, 0.25) is 0 Å². The summed E-state index contributed by atoms with van der Waals surface area (Å²) in [5.74, 6) is -0.807. The van der Waals surface area contributed by atoms with Gasteiger partial charge in [0, 0.05) is 5.69 Å². The molecule has 0 unspecified atom stereocenters. The number of nitrogens with one attached hydrogen (secondary N) is 1. The number of nitrogens with zero attached hydrogens (tertiary/aromatic N) is 1. The highest BCUT2D eigenvalue weighted by atomic mass is 32.2. The van der Waals surface area contributed by atoms with Gasteiger partial charge in [-0.3, -0.25) is 19.3 Å². The van der Waals surface area contributed by atoms with E-state index < -0.39 is 23.0 Å². The molecule has 1 N–H and O–H groups in total. The van der Waals surface area contributed by atoms with Crippen molar-refractivity contribution in [2.45, 2.75) is 20.8 Å². The fraction of sp³-hybridized carbons (Fsp3) is 0.280. The van der Waals surface area contributed by atoms with Gasteiger partial charge in [0.2, 0.25) is 5.91 Å². The molecule has 35 heavy (non-hydrogen) atoms. The van der Waals surface area contributed by atoms with Crippen molar-refractivity contribution in [3.05, 3.63) is 58.5 Å².